The number of benzene rings is 6. The van der Waals surface area contributed by atoms with E-state index >= 15 is 0 Å². The predicted molar refractivity (Wildman–Crippen MR) is 203 cm³/mol. The average molecular weight is 656 g/mol. The normalized spacial score (nSPS) is 13.3. The van der Waals surface area contributed by atoms with Gasteiger partial charge in [-0.15, -0.1) is 0 Å². The Morgan fingerprint density at radius 2 is 0.980 bits per heavy atom. The molecule has 50 heavy (non-hydrogen) atoms. The van der Waals surface area contributed by atoms with Crippen LogP contribution < -0.4 is 0 Å². The Morgan fingerprint density at radius 1 is 0.380 bits per heavy atom. The van der Waals surface area contributed by atoms with Crippen LogP contribution in [0.25, 0.3) is 56.3 Å². The Hall–Kier alpha value is -6.10. The highest BCUT2D eigenvalue weighted by Crippen LogP contribution is 2.62. The SMILES string of the molecule is c1ccc(-c2cc(-c3ccccn3)nc(-c3ccc(-c4ccc5c(c4)C4(c6ccccc6S5)c5ccccc5-c5ccccc54)cc3)n2)cc1. The third-order valence-electron chi connectivity index (χ3n) is 10.0. The number of hydrogen-bond donors (Lipinski definition) is 0. The van der Waals surface area contributed by atoms with E-state index in [0.29, 0.717) is 5.82 Å². The molecule has 0 saturated heterocycles. The summed E-state index contributed by atoms with van der Waals surface area (Å²) in [5, 5.41) is 0. The molecule has 1 aliphatic heterocycles. The van der Waals surface area contributed by atoms with E-state index in [1.807, 2.05) is 54.2 Å². The van der Waals surface area contributed by atoms with Crippen molar-refractivity contribution >= 4 is 11.8 Å². The highest BCUT2D eigenvalue weighted by Gasteiger charge is 2.50. The standard InChI is InChI=1S/C46H29N3S/c1-2-12-31(13-3-1)41-29-42(40-19-10-11-27-47-40)49-45(48-41)32-23-21-30(22-24-32)33-25-26-44-39(28-33)46(38-18-8-9-20-43(38)50-44)36-16-6-4-14-34(36)35-15-5-7-17-37(35)46/h1-29H. The summed E-state index contributed by atoms with van der Waals surface area (Å²) in [5.74, 6) is 0.676. The molecule has 1 spiro atoms. The minimum absolute atomic E-state index is 0.395. The van der Waals surface area contributed by atoms with Gasteiger partial charge in [0.25, 0.3) is 0 Å². The fourth-order valence-electron chi connectivity index (χ4n) is 7.83. The zero-order chi connectivity index (χ0) is 33.1. The number of nitrogens with zero attached hydrogens (tertiary/aromatic N) is 3. The maximum absolute atomic E-state index is 5.03. The molecule has 0 bridgehead atoms. The molecular weight excluding hydrogens is 627 g/mol. The molecule has 4 heteroatoms. The lowest BCUT2D eigenvalue weighted by atomic mass is 9.67. The predicted octanol–water partition coefficient (Wildman–Crippen LogP) is 11.4. The minimum atomic E-state index is -0.395. The quantitative estimate of drug-likeness (QED) is 0.189. The zero-order valence-corrected chi connectivity index (χ0v) is 27.8. The van der Waals surface area contributed by atoms with Gasteiger partial charge < -0.3 is 0 Å². The molecule has 8 aromatic rings. The van der Waals surface area contributed by atoms with Gasteiger partial charge in [-0.2, -0.15) is 0 Å². The molecule has 10 rings (SSSR count). The summed E-state index contributed by atoms with van der Waals surface area (Å²) in [5.41, 5.74) is 14.4. The van der Waals surface area contributed by atoms with E-state index in [-0.39, 0.29) is 0 Å². The molecule has 3 heterocycles. The summed E-state index contributed by atoms with van der Waals surface area (Å²) in [4.78, 5) is 17.2. The highest BCUT2D eigenvalue weighted by molar-refractivity contribution is 7.99. The maximum Gasteiger partial charge on any atom is 0.160 e. The van der Waals surface area contributed by atoms with Crippen LogP contribution in [-0.2, 0) is 5.41 Å². The largest absolute Gasteiger partial charge is 0.255 e. The van der Waals surface area contributed by atoms with Crippen LogP contribution in [0, 0.1) is 0 Å². The lowest BCUT2D eigenvalue weighted by molar-refractivity contribution is 0.723. The number of fused-ring (bicyclic) bond motifs is 9. The van der Waals surface area contributed by atoms with E-state index in [9.17, 15) is 0 Å². The number of rotatable bonds is 4. The van der Waals surface area contributed by atoms with E-state index < -0.39 is 5.41 Å². The molecule has 3 nitrogen and oxygen atoms in total. The summed E-state index contributed by atoms with van der Waals surface area (Å²) >= 11 is 1.87. The summed E-state index contributed by atoms with van der Waals surface area (Å²) in [6.45, 7) is 0. The fraction of sp³-hybridized carbons (Fsp3) is 0.0217. The van der Waals surface area contributed by atoms with Gasteiger partial charge in [0.05, 0.1) is 22.5 Å². The summed E-state index contributed by atoms with van der Waals surface area (Å²) in [7, 11) is 0. The van der Waals surface area contributed by atoms with Crippen LogP contribution in [0.2, 0.25) is 0 Å². The molecule has 0 radical (unpaired) electrons. The first-order valence-corrected chi connectivity index (χ1v) is 17.7. The van der Waals surface area contributed by atoms with Gasteiger partial charge in [-0.05, 0) is 80.9 Å². The molecule has 6 aromatic carbocycles. The number of pyridine rings is 1. The molecule has 1 aliphatic carbocycles. The van der Waals surface area contributed by atoms with Gasteiger partial charge >= 0.3 is 0 Å². The van der Waals surface area contributed by atoms with Crippen molar-refractivity contribution < 1.29 is 0 Å². The van der Waals surface area contributed by atoms with Crippen LogP contribution in [0.3, 0.4) is 0 Å². The Labute approximate surface area is 295 Å². The molecule has 234 valence electrons. The average Bonchev–Trinajstić information content (AvgIpc) is 3.49. The summed E-state index contributed by atoms with van der Waals surface area (Å²) in [6.07, 6.45) is 1.80. The van der Waals surface area contributed by atoms with Gasteiger partial charge in [0.15, 0.2) is 5.82 Å². The fourth-order valence-corrected chi connectivity index (χ4v) is 9.00. The zero-order valence-electron chi connectivity index (χ0n) is 27.0. The first kappa shape index (κ1) is 28.9. The molecule has 0 N–H and O–H groups in total. The monoisotopic (exact) mass is 655 g/mol. The van der Waals surface area contributed by atoms with Crippen LogP contribution in [-0.4, -0.2) is 15.0 Å². The summed E-state index contributed by atoms with van der Waals surface area (Å²) < 4.78 is 0. The Kier molecular flexibility index (Phi) is 6.64. The van der Waals surface area contributed by atoms with Crippen molar-refractivity contribution in [1.82, 2.24) is 15.0 Å². The minimum Gasteiger partial charge on any atom is -0.255 e. The Morgan fingerprint density at radius 3 is 1.72 bits per heavy atom. The van der Waals surface area contributed by atoms with E-state index in [4.69, 9.17) is 9.97 Å². The molecule has 0 amide bonds. The van der Waals surface area contributed by atoms with Crippen molar-refractivity contribution in [3.05, 3.63) is 198 Å². The lowest BCUT2D eigenvalue weighted by Crippen LogP contribution is -2.32. The topological polar surface area (TPSA) is 38.7 Å². The van der Waals surface area contributed by atoms with Gasteiger partial charge in [-0.25, -0.2) is 9.97 Å². The third kappa shape index (κ3) is 4.42. The highest BCUT2D eigenvalue weighted by atomic mass is 32.2. The maximum atomic E-state index is 5.03. The Balaban J connectivity index is 1.11. The molecule has 0 saturated carbocycles. The lowest BCUT2D eigenvalue weighted by Gasteiger charge is -2.40. The van der Waals surface area contributed by atoms with Gasteiger partial charge in [0.1, 0.15) is 0 Å². The molecule has 2 aliphatic rings. The molecule has 0 atom stereocenters. The van der Waals surface area contributed by atoms with E-state index in [0.717, 1.165) is 33.8 Å². The van der Waals surface area contributed by atoms with Gasteiger partial charge in [-0.1, -0.05) is 145 Å². The van der Waals surface area contributed by atoms with Crippen molar-refractivity contribution in [1.29, 1.82) is 0 Å². The van der Waals surface area contributed by atoms with Crippen molar-refractivity contribution in [2.75, 3.05) is 0 Å². The number of aromatic nitrogens is 3. The van der Waals surface area contributed by atoms with E-state index in [1.165, 1.54) is 48.7 Å². The van der Waals surface area contributed by atoms with Crippen molar-refractivity contribution in [3.63, 3.8) is 0 Å². The van der Waals surface area contributed by atoms with Crippen LogP contribution >= 0.6 is 11.8 Å². The first-order valence-electron chi connectivity index (χ1n) is 16.9. The van der Waals surface area contributed by atoms with Crippen molar-refractivity contribution in [2.24, 2.45) is 0 Å². The second-order valence-electron chi connectivity index (χ2n) is 12.8. The molecule has 0 fully saturated rings. The van der Waals surface area contributed by atoms with Crippen LogP contribution in [0.1, 0.15) is 22.3 Å². The van der Waals surface area contributed by atoms with Crippen molar-refractivity contribution in [2.45, 2.75) is 15.2 Å². The molecule has 2 aromatic heterocycles. The second kappa shape index (κ2) is 11.5. The van der Waals surface area contributed by atoms with Crippen molar-refractivity contribution in [3.8, 4) is 56.3 Å². The van der Waals surface area contributed by atoms with Crippen LogP contribution in [0.15, 0.2) is 186 Å². The Bertz CT molecular complexity index is 2460. The first-order chi connectivity index (χ1) is 24.8. The molecule has 0 unspecified atom stereocenters. The number of hydrogen-bond acceptors (Lipinski definition) is 4. The summed E-state index contributed by atoms with van der Waals surface area (Å²) in [6, 6.07) is 60.7. The second-order valence-corrected chi connectivity index (χ2v) is 13.9. The van der Waals surface area contributed by atoms with E-state index in [2.05, 4.69) is 132 Å². The van der Waals surface area contributed by atoms with Gasteiger partial charge in [0, 0.05) is 27.1 Å². The smallest absolute Gasteiger partial charge is 0.160 e. The van der Waals surface area contributed by atoms with Gasteiger partial charge in [-0.3, -0.25) is 4.98 Å². The molecular formula is C46H29N3S. The van der Waals surface area contributed by atoms with Crippen LogP contribution in [0.4, 0.5) is 0 Å². The van der Waals surface area contributed by atoms with Gasteiger partial charge in [0.2, 0.25) is 0 Å². The third-order valence-corrected chi connectivity index (χ3v) is 11.2. The van der Waals surface area contributed by atoms with Crippen LogP contribution in [0.5, 0.6) is 0 Å². The van der Waals surface area contributed by atoms with E-state index in [1.54, 1.807) is 6.20 Å².